The summed E-state index contributed by atoms with van der Waals surface area (Å²) in [5.74, 6) is 0. The van der Waals surface area contributed by atoms with Crippen LogP contribution in [0.1, 0.15) is 13.8 Å². The normalized spacial score (nSPS) is 6.60. The molecule has 0 aliphatic rings. The first kappa shape index (κ1) is 31.0. The Hall–Kier alpha value is 3.44. The minimum Gasteiger partial charge on any atom is -0.703 e. The molecule has 0 aliphatic heterocycles. The summed E-state index contributed by atoms with van der Waals surface area (Å²) in [6.07, 6.45) is 0. The summed E-state index contributed by atoms with van der Waals surface area (Å²) < 4.78 is 0. The van der Waals surface area contributed by atoms with Crippen LogP contribution in [-0.4, -0.2) is 6.04 Å². The van der Waals surface area contributed by atoms with Crippen molar-refractivity contribution in [3.05, 3.63) is 43.1 Å². The van der Waals surface area contributed by atoms with Gasteiger partial charge in [0.2, 0.25) is 0 Å². The quantitative estimate of drug-likeness (QED) is 0.550. The van der Waals surface area contributed by atoms with Crippen LogP contribution in [0.2, 0.25) is 0 Å². The standard InChI is InChI=1S/C9H11N.CH3.4Y/c1-8(2)10-9-6-4-3-5-7-9;;;;;/h3-6,8H,1-2H3;1H3;;;;/q-2;-1;;;;. The largest absolute Gasteiger partial charge is 0.703 e. The Morgan fingerprint density at radius 3 is 1.93 bits per heavy atom. The van der Waals surface area contributed by atoms with Crippen LogP contribution in [0.4, 0.5) is 5.69 Å². The zero-order valence-electron chi connectivity index (χ0n) is 9.64. The van der Waals surface area contributed by atoms with Crippen molar-refractivity contribution in [1.82, 2.24) is 0 Å². The Balaban J connectivity index is -0.0000000667. The summed E-state index contributed by atoms with van der Waals surface area (Å²) in [5, 5.41) is 4.30. The fourth-order valence-corrected chi connectivity index (χ4v) is 0.742. The molecule has 1 aromatic rings. The molecular weight excluding hydrogens is 490 g/mol. The summed E-state index contributed by atoms with van der Waals surface area (Å²) in [4.78, 5) is 0. The number of nitrogens with zero attached hydrogens (tertiary/aromatic N) is 1. The van der Waals surface area contributed by atoms with Crippen molar-refractivity contribution >= 4 is 5.69 Å². The van der Waals surface area contributed by atoms with E-state index < -0.39 is 0 Å². The zero-order valence-corrected chi connectivity index (χ0v) is 21.0. The minimum atomic E-state index is 0. The van der Waals surface area contributed by atoms with E-state index >= 15 is 0 Å². The van der Waals surface area contributed by atoms with Gasteiger partial charge in [-0.15, -0.1) is 6.04 Å². The van der Waals surface area contributed by atoms with Crippen LogP contribution in [-0.2, 0) is 131 Å². The summed E-state index contributed by atoms with van der Waals surface area (Å²) in [5.41, 5.74) is 0.942. The van der Waals surface area contributed by atoms with Crippen LogP contribution < -0.4 is 0 Å². The van der Waals surface area contributed by atoms with Gasteiger partial charge in [-0.1, -0.05) is 13.8 Å². The van der Waals surface area contributed by atoms with Gasteiger partial charge in [0.05, 0.1) is 0 Å². The fourth-order valence-electron chi connectivity index (χ4n) is 0.742. The van der Waals surface area contributed by atoms with E-state index in [1.165, 1.54) is 0 Å². The molecule has 0 aliphatic carbocycles. The van der Waals surface area contributed by atoms with E-state index in [1.54, 1.807) is 0 Å². The summed E-state index contributed by atoms with van der Waals surface area (Å²) >= 11 is 0. The van der Waals surface area contributed by atoms with Gasteiger partial charge >= 0.3 is 0 Å². The second-order valence-electron chi connectivity index (χ2n) is 2.47. The van der Waals surface area contributed by atoms with Gasteiger partial charge < -0.3 is 12.7 Å². The first-order chi connectivity index (χ1) is 4.79. The molecule has 4 radical (unpaired) electrons. The Bertz CT molecular complexity index is 192. The van der Waals surface area contributed by atoms with Crippen molar-refractivity contribution in [1.29, 1.82) is 0 Å². The first-order valence-electron chi connectivity index (χ1n) is 3.46. The summed E-state index contributed by atoms with van der Waals surface area (Å²) in [6, 6.07) is 11.1. The van der Waals surface area contributed by atoms with E-state index in [2.05, 4.69) is 25.2 Å². The molecule has 0 spiro atoms. The van der Waals surface area contributed by atoms with E-state index in [1.807, 2.05) is 24.3 Å². The monoisotopic (exact) mass is 504 g/mol. The SMILES string of the molecule is CC(C)[N-]c1[c-]cccc1.[CH3-].[Y].[Y].[Y].[Y]. The van der Waals surface area contributed by atoms with Gasteiger partial charge in [0.15, 0.2) is 0 Å². The smallest absolute Gasteiger partial charge is 0 e. The maximum atomic E-state index is 4.30. The predicted octanol–water partition coefficient (Wildman–Crippen LogP) is 3.34. The first-order valence-corrected chi connectivity index (χ1v) is 3.46. The van der Waals surface area contributed by atoms with E-state index in [0.717, 1.165) is 5.69 Å². The van der Waals surface area contributed by atoms with Crippen LogP contribution in [0.3, 0.4) is 0 Å². The van der Waals surface area contributed by atoms with Crippen LogP contribution in [0, 0.1) is 13.5 Å². The summed E-state index contributed by atoms with van der Waals surface area (Å²) in [6.45, 7) is 4.11. The molecule has 0 amide bonds. The molecule has 0 bridgehead atoms. The average Bonchev–Trinajstić information content (AvgIpc) is 1.88. The molecule has 1 nitrogen and oxygen atoms in total. The van der Waals surface area contributed by atoms with Gasteiger partial charge in [-0.25, -0.2) is 0 Å². The van der Waals surface area contributed by atoms with Gasteiger partial charge in [-0.2, -0.15) is 30.3 Å². The van der Waals surface area contributed by atoms with Crippen LogP contribution in [0.25, 0.3) is 5.32 Å². The molecule has 1 aromatic carbocycles. The summed E-state index contributed by atoms with van der Waals surface area (Å²) in [7, 11) is 0. The zero-order chi connectivity index (χ0) is 7.40. The molecule has 15 heavy (non-hydrogen) atoms. The Labute approximate surface area is 195 Å². The predicted molar refractivity (Wildman–Crippen MR) is 49.8 cm³/mol. The average molecular weight is 504 g/mol. The van der Waals surface area contributed by atoms with E-state index in [9.17, 15) is 0 Å². The second kappa shape index (κ2) is 19.8. The molecule has 0 saturated heterocycles. The molecule has 0 aromatic heterocycles. The molecule has 0 N–H and O–H groups in total. The van der Waals surface area contributed by atoms with Gasteiger partial charge in [0.25, 0.3) is 0 Å². The van der Waals surface area contributed by atoms with Crippen molar-refractivity contribution in [2.45, 2.75) is 19.9 Å². The number of rotatable bonds is 2. The molecule has 74 valence electrons. The minimum absolute atomic E-state index is 0. The number of para-hydroxylation sites is 1. The Morgan fingerprint density at radius 2 is 1.60 bits per heavy atom. The molecule has 0 unspecified atom stereocenters. The van der Waals surface area contributed by atoms with Crippen molar-refractivity contribution in [2.24, 2.45) is 0 Å². The Morgan fingerprint density at radius 1 is 1.07 bits per heavy atom. The molecule has 0 atom stereocenters. The van der Waals surface area contributed by atoms with Crippen LogP contribution >= 0.6 is 0 Å². The number of hydrogen-bond donors (Lipinski definition) is 0. The van der Waals surface area contributed by atoms with Crippen LogP contribution in [0.15, 0.2) is 24.3 Å². The van der Waals surface area contributed by atoms with E-state index in [-0.39, 0.29) is 138 Å². The van der Waals surface area contributed by atoms with Gasteiger partial charge in [-0.3, -0.25) is 5.69 Å². The third-order valence-electron chi connectivity index (χ3n) is 1.09. The van der Waals surface area contributed by atoms with E-state index in [0.29, 0.717) is 6.04 Å². The maximum Gasteiger partial charge on any atom is 0 e. The molecule has 1 rings (SSSR count). The van der Waals surface area contributed by atoms with Crippen LogP contribution in [0.5, 0.6) is 0 Å². The molecule has 0 fully saturated rings. The van der Waals surface area contributed by atoms with Gasteiger partial charge in [0.1, 0.15) is 0 Å². The molecule has 0 saturated carbocycles. The third-order valence-corrected chi connectivity index (χ3v) is 1.09. The Kier molecular flexibility index (Phi) is 40.9. The number of hydrogen-bond acceptors (Lipinski definition) is 0. The van der Waals surface area contributed by atoms with Gasteiger partial charge in [-0.05, 0) is 0 Å². The van der Waals surface area contributed by atoms with Crippen molar-refractivity contribution in [2.75, 3.05) is 0 Å². The topological polar surface area (TPSA) is 14.1 Å². The van der Waals surface area contributed by atoms with Crippen molar-refractivity contribution in [3.8, 4) is 0 Å². The van der Waals surface area contributed by atoms with Gasteiger partial charge in [0, 0.05) is 131 Å². The van der Waals surface area contributed by atoms with Crippen molar-refractivity contribution in [3.63, 3.8) is 0 Å². The second-order valence-corrected chi connectivity index (χ2v) is 2.47. The maximum absolute atomic E-state index is 4.30. The fraction of sp³-hybridized carbons (Fsp3) is 0.300. The van der Waals surface area contributed by atoms with E-state index in [4.69, 9.17) is 0 Å². The molecular formula is C10H14NY4-3. The molecule has 0 heterocycles. The molecule has 5 heteroatoms. The van der Waals surface area contributed by atoms with Crippen molar-refractivity contribution < 1.29 is 131 Å². The third kappa shape index (κ3) is 17.4. The number of benzene rings is 1.